The van der Waals surface area contributed by atoms with Gasteiger partial charge in [-0.05, 0) is 12.8 Å². The summed E-state index contributed by atoms with van der Waals surface area (Å²) in [4.78, 5) is 10.7. The number of nitrogens with zero attached hydrogens (tertiary/aromatic N) is 2. The Kier molecular flexibility index (Phi) is 0.977. The normalized spacial score (nSPS) is 17.7. The average Bonchev–Trinajstić information content (AvgIpc) is 2.67. The maximum Gasteiger partial charge on any atom is 0.441 e. The van der Waals surface area contributed by atoms with Gasteiger partial charge in [0, 0.05) is 13.0 Å². The van der Waals surface area contributed by atoms with Crippen LogP contribution in [-0.2, 0) is 7.05 Å². The van der Waals surface area contributed by atoms with E-state index in [2.05, 4.69) is 9.68 Å². The van der Waals surface area contributed by atoms with Crippen molar-refractivity contribution in [3.63, 3.8) is 0 Å². The molecule has 4 heteroatoms. The Morgan fingerprint density at radius 1 is 1.70 bits per heavy atom. The average molecular weight is 140 g/mol. The number of hydrogen-bond acceptors (Lipinski definition) is 3. The molecule has 0 saturated heterocycles. The van der Waals surface area contributed by atoms with Gasteiger partial charge in [0.15, 0.2) is 5.82 Å². The van der Waals surface area contributed by atoms with Gasteiger partial charge in [-0.15, -0.1) is 0 Å². The summed E-state index contributed by atoms with van der Waals surface area (Å²) in [7, 11) is 1.69. The summed E-state index contributed by atoms with van der Waals surface area (Å²) in [6, 6.07) is 0. The third-order valence-electron chi connectivity index (χ3n) is 1.78. The van der Waals surface area contributed by atoms with Crippen molar-refractivity contribution in [2.75, 3.05) is 0 Å². The molecular weight excluding hydrogens is 132 g/mol. The second-order valence-corrected chi connectivity index (χ2v) is 2.64. The van der Waals surface area contributed by atoms with Crippen molar-refractivity contribution < 1.29 is 4.52 Å². The number of rotatable bonds is 1. The predicted octanol–water partition coefficient (Wildman–Crippen LogP) is 0.251. The lowest BCUT2D eigenvalue weighted by molar-refractivity contribution is 0.376. The van der Waals surface area contributed by atoms with Crippen LogP contribution in [0.2, 0.25) is 0 Å². The van der Waals surface area contributed by atoms with Gasteiger partial charge in [-0.25, -0.2) is 4.79 Å². The van der Waals surface area contributed by atoms with Crippen LogP contribution in [0.15, 0.2) is 9.32 Å². The highest BCUT2D eigenvalue weighted by Gasteiger charge is 2.29. The molecule has 0 spiro atoms. The first-order chi connectivity index (χ1) is 4.79. The lowest BCUT2D eigenvalue weighted by atomic mass is 10.4. The molecule has 10 heavy (non-hydrogen) atoms. The van der Waals surface area contributed by atoms with Crippen molar-refractivity contribution in [3.8, 4) is 0 Å². The van der Waals surface area contributed by atoms with Gasteiger partial charge < -0.3 is 0 Å². The van der Waals surface area contributed by atoms with Crippen LogP contribution in [0, 0.1) is 0 Å². The van der Waals surface area contributed by atoms with Crippen LogP contribution in [-0.4, -0.2) is 9.72 Å². The molecule has 1 aromatic rings. The first kappa shape index (κ1) is 5.70. The summed E-state index contributed by atoms with van der Waals surface area (Å²) in [5.41, 5.74) is 0. The Bertz CT molecular complexity index is 295. The molecule has 0 N–H and O–H groups in total. The van der Waals surface area contributed by atoms with Crippen molar-refractivity contribution in [2.24, 2.45) is 7.05 Å². The molecule has 1 aliphatic rings. The van der Waals surface area contributed by atoms with Crippen molar-refractivity contribution in [3.05, 3.63) is 16.4 Å². The monoisotopic (exact) mass is 140 g/mol. The minimum Gasteiger partial charge on any atom is -0.296 e. The van der Waals surface area contributed by atoms with E-state index in [1.807, 2.05) is 0 Å². The van der Waals surface area contributed by atoms with Crippen molar-refractivity contribution in [2.45, 2.75) is 18.8 Å². The molecule has 0 aliphatic heterocycles. The van der Waals surface area contributed by atoms with Gasteiger partial charge in [0.25, 0.3) is 0 Å². The maximum absolute atomic E-state index is 10.7. The van der Waals surface area contributed by atoms with Crippen molar-refractivity contribution in [1.82, 2.24) is 9.72 Å². The van der Waals surface area contributed by atoms with Crippen LogP contribution >= 0.6 is 0 Å². The van der Waals surface area contributed by atoms with E-state index in [9.17, 15) is 4.79 Å². The molecule has 1 saturated carbocycles. The molecule has 0 bridgehead atoms. The number of hydrogen-bond donors (Lipinski definition) is 0. The molecule has 0 atom stereocenters. The second-order valence-electron chi connectivity index (χ2n) is 2.64. The van der Waals surface area contributed by atoms with E-state index in [1.54, 1.807) is 7.05 Å². The molecule has 0 unspecified atom stereocenters. The topological polar surface area (TPSA) is 48.0 Å². The van der Waals surface area contributed by atoms with Crippen molar-refractivity contribution in [1.29, 1.82) is 0 Å². The SMILES string of the molecule is Cn1c(C2CC2)noc1=O. The smallest absolute Gasteiger partial charge is 0.296 e. The molecule has 0 aromatic carbocycles. The molecule has 1 aromatic heterocycles. The van der Waals surface area contributed by atoms with Gasteiger partial charge in [0.2, 0.25) is 0 Å². The molecule has 1 aliphatic carbocycles. The highest BCUT2D eigenvalue weighted by molar-refractivity contribution is 5.02. The Morgan fingerprint density at radius 3 is 2.80 bits per heavy atom. The van der Waals surface area contributed by atoms with Crippen LogP contribution in [0.1, 0.15) is 24.6 Å². The lowest BCUT2D eigenvalue weighted by Crippen LogP contribution is -2.11. The Hall–Kier alpha value is -1.06. The zero-order valence-corrected chi connectivity index (χ0v) is 5.70. The fourth-order valence-corrected chi connectivity index (χ4v) is 0.992. The van der Waals surface area contributed by atoms with Gasteiger partial charge in [0.1, 0.15) is 0 Å². The van der Waals surface area contributed by atoms with Crippen LogP contribution in [0.5, 0.6) is 0 Å². The quantitative estimate of drug-likeness (QED) is 0.561. The van der Waals surface area contributed by atoms with E-state index >= 15 is 0 Å². The highest BCUT2D eigenvalue weighted by Crippen LogP contribution is 2.37. The van der Waals surface area contributed by atoms with Gasteiger partial charge in [-0.2, -0.15) is 0 Å². The molecule has 2 rings (SSSR count). The summed E-state index contributed by atoms with van der Waals surface area (Å²) < 4.78 is 5.92. The number of aromatic nitrogens is 2. The van der Waals surface area contributed by atoms with Crippen LogP contribution in [0.3, 0.4) is 0 Å². The summed E-state index contributed by atoms with van der Waals surface area (Å²) in [6.45, 7) is 0. The summed E-state index contributed by atoms with van der Waals surface area (Å²) in [5, 5.41) is 3.65. The van der Waals surface area contributed by atoms with Crippen molar-refractivity contribution >= 4 is 0 Å². The fourth-order valence-electron chi connectivity index (χ4n) is 0.992. The van der Waals surface area contributed by atoms with E-state index < -0.39 is 0 Å². The lowest BCUT2D eigenvalue weighted by Gasteiger charge is -1.89. The molecule has 0 amide bonds. The minimum absolute atomic E-state index is 0.359. The molecule has 54 valence electrons. The maximum atomic E-state index is 10.7. The Labute approximate surface area is 57.4 Å². The Balaban J connectivity index is 2.49. The third-order valence-corrected chi connectivity index (χ3v) is 1.78. The first-order valence-corrected chi connectivity index (χ1v) is 3.31. The van der Waals surface area contributed by atoms with Gasteiger partial charge in [-0.1, -0.05) is 5.16 Å². The van der Waals surface area contributed by atoms with Crippen LogP contribution in [0.25, 0.3) is 0 Å². The molecule has 0 radical (unpaired) electrons. The minimum atomic E-state index is -0.359. The van der Waals surface area contributed by atoms with Crippen LogP contribution in [0.4, 0.5) is 0 Å². The molecule has 1 fully saturated rings. The van der Waals surface area contributed by atoms with Gasteiger partial charge >= 0.3 is 5.76 Å². The van der Waals surface area contributed by atoms with E-state index in [1.165, 1.54) is 4.57 Å². The second kappa shape index (κ2) is 1.71. The molecule has 4 nitrogen and oxygen atoms in total. The van der Waals surface area contributed by atoms with E-state index in [0.29, 0.717) is 5.92 Å². The van der Waals surface area contributed by atoms with Gasteiger partial charge in [0.05, 0.1) is 0 Å². The standard InChI is InChI=1S/C6H8N2O2/c1-8-5(4-2-3-4)7-10-6(8)9/h4H,2-3H2,1H3. The van der Waals surface area contributed by atoms with E-state index in [4.69, 9.17) is 0 Å². The zero-order chi connectivity index (χ0) is 7.14. The van der Waals surface area contributed by atoms with E-state index in [-0.39, 0.29) is 5.76 Å². The van der Waals surface area contributed by atoms with Crippen LogP contribution < -0.4 is 5.76 Å². The largest absolute Gasteiger partial charge is 0.441 e. The first-order valence-electron chi connectivity index (χ1n) is 3.31. The fraction of sp³-hybridized carbons (Fsp3) is 0.667. The summed E-state index contributed by atoms with van der Waals surface area (Å²) in [6.07, 6.45) is 2.28. The summed E-state index contributed by atoms with van der Waals surface area (Å²) >= 11 is 0. The Morgan fingerprint density at radius 2 is 2.40 bits per heavy atom. The molecule has 1 heterocycles. The van der Waals surface area contributed by atoms with E-state index in [0.717, 1.165) is 18.7 Å². The molecular formula is C6H8N2O2. The highest BCUT2D eigenvalue weighted by atomic mass is 16.5. The summed E-state index contributed by atoms with van der Waals surface area (Å²) in [5.74, 6) is 0.920. The third kappa shape index (κ3) is 0.683. The predicted molar refractivity (Wildman–Crippen MR) is 33.7 cm³/mol. The zero-order valence-electron chi connectivity index (χ0n) is 5.70. The van der Waals surface area contributed by atoms with Gasteiger partial charge in [-0.3, -0.25) is 9.09 Å².